The zero-order valence-corrected chi connectivity index (χ0v) is 31.3. The molecule has 0 saturated carbocycles. The van der Waals surface area contributed by atoms with Crippen LogP contribution in [0.1, 0.15) is 22.3 Å². The molecule has 0 amide bonds. The molecule has 58 heavy (non-hydrogen) atoms. The fourth-order valence-corrected chi connectivity index (χ4v) is 8.64. The van der Waals surface area contributed by atoms with E-state index in [1.807, 2.05) is 54.6 Å². The number of oxazole rings is 1. The molecule has 8 aromatic carbocycles. The minimum atomic E-state index is -0.672. The van der Waals surface area contributed by atoms with Gasteiger partial charge in [-0.3, -0.25) is 0 Å². The van der Waals surface area contributed by atoms with Crippen molar-refractivity contribution in [3.05, 3.63) is 229 Å². The summed E-state index contributed by atoms with van der Waals surface area (Å²) in [5.41, 5.74) is 13.7. The van der Waals surface area contributed by atoms with E-state index >= 15 is 0 Å². The number of aromatic nitrogens is 4. The summed E-state index contributed by atoms with van der Waals surface area (Å²) in [6, 6.07) is 71.6. The van der Waals surface area contributed by atoms with Crippen molar-refractivity contribution >= 4 is 11.1 Å². The highest BCUT2D eigenvalue weighted by Crippen LogP contribution is 2.58. The maximum absolute atomic E-state index is 6.32. The average Bonchev–Trinajstić information content (AvgIpc) is 3.88. The van der Waals surface area contributed by atoms with Gasteiger partial charge >= 0.3 is 0 Å². The third-order valence-corrected chi connectivity index (χ3v) is 11.3. The van der Waals surface area contributed by atoms with Crippen LogP contribution in [0.15, 0.2) is 211 Å². The first-order chi connectivity index (χ1) is 28.7. The number of hydrogen-bond donors (Lipinski definition) is 0. The van der Waals surface area contributed by atoms with E-state index in [2.05, 4.69) is 152 Å². The minimum absolute atomic E-state index is 0.602. The molecule has 0 spiro atoms. The van der Waals surface area contributed by atoms with Gasteiger partial charge in [0.15, 0.2) is 23.1 Å². The number of benzene rings is 8. The van der Waals surface area contributed by atoms with E-state index in [9.17, 15) is 0 Å². The summed E-state index contributed by atoms with van der Waals surface area (Å²) in [5, 5.41) is 0. The van der Waals surface area contributed by atoms with Crippen LogP contribution in [0.4, 0.5) is 0 Å². The van der Waals surface area contributed by atoms with Crippen LogP contribution in [-0.4, -0.2) is 19.9 Å². The van der Waals surface area contributed by atoms with Crippen molar-refractivity contribution in [2.45, 2.75) is 5.41 Å². The predicted octanol–water partition coefficient (Wildman–Crippen LogP) is 12.7. The quantitative estimate of drug-likeness (QED) is 0.163. The lowest BCUT2D eigenvalue weighted by Crippen LogP contribution is -2.28. The van der Waals surface area contributed by atoms with Gasteiger partial charge in [-0.15, -0.1) is 0 Å². The Bertz CT molecular complexity index is 3090. The average molecular weight is 743 g/mol. The Balaban J connectivity index is 1.13. The van der Waals surface area contributed by atoms with E-state index in [1.165, 1.54) is 5.56 Å². The predicted molar refractivity (Wildman–Crippen MR) is 232 cm³/mol. The van der Waals surface area contributed by atoms with Gasteiger partial charge in [0.2, 0.25) is 5.89 Å². The van der Waals surface area contributed by atoms with Crippen molar-refractivity contribution in [3.8, 4) is 67.9 Å². The first-order valence-electron chi connectivity index (χ1n) is 19.5. The highest BCUT2D eigenvalue weighted by Gasteiger charge is 2.47. The highest BCUT2D eigenvalue weighted by molar-refractivity contribution is 5.95. The number of fused-ring (bicyclic) bond motifs is 4. The molecule has 272 valence electrons. The molecular weight excluding hydrogens is 709 g/mol. The van der Waals surface area contributed by atoms with Crippen LogP contribution in [-0.2, 0) is 5.41 Å². The molecule has 2 aromatic heterocycles. The summed E-state index contributed by atoms with van der Waals surface area (Å²) in [6.07, 6.45) is 0. The summed E-state index contributed by atoms with van der Waals surface area (Å²) < 4.78 is 6.32. The van der Waals surface area contributed by atoms with Gasteiger partial charge in [-0.25, -0.2) is 19.9 Å². The number of nitrogens with zero attached hydrogens (tertiary/aromatic N) is 4. The largest absolute Gasteiger partial charge is 0.436 e. The normalized spacial score (nSPS) is 14.3. The van der Waals surface area contributed by atoms with E-state index in [4.69, 9.17) is 24.4 Å². The Morgan fingerprint density at radius 2 is 0.862 bits per heavy atom. The van der Waals surface area contributed by atoms with Gasteiger partial charge in [-0.1, -0.05) is 182 Å². The summed E-state index contributed by atoms with van der Waals surface area (Å²) in [5.74, 6) is 2.46. The first-order valence-corrected chi connectivity index (χ1v) is 19.5. The third-order valence-electron chi connectivity index (χ3n) is 11.3. The fraction of sp³-hybridized carbons (Fsp3) is 0.0189. The standard InChI is InChI=1S/C53H34N4O/c1-5-16-35(17-6-1)36-28-30-38(31-29-36)50-55-49(37-18-7-2-8-19-37)56-51(57-50)43-25-15-27-45-48(43)42-24-13-14-26-44(42)53(45,40-22-11-4-12-23-40)41-32-33-47-46(34-41)54-52(58-47)39-20-9-3-10-21-39/h1-34H. The van der Waals surface area contributed by atoms with Gasteiger partial charge in [0.1, 0.15) is 5.52 Å². The van der Waals surface area contributed by atoms with Crippen LogP contribution in [0.2, 0.25) is 0 Å². The second-order valence-electron chi connectivity index (χ2n) is 14.6. The Kier molecular flexibility index (Phi) is 7.97. The van der Waals surface area contributed by atoms with Crippen LogP contribution in [0.5, 0.6) is 0 Å². The van der Waals surface area contributed by atoms with Crippen LogP contribution >= 0.6 is 0 Å². The molecule has 2 heterocycles. The van der Waals surface area contributed by atoms with Crippen LogP contribution < -0.4 is 0 Å². The smallest absolute Gasteiger partial charge is 0.227 e. The zero-order chi connectivity index (χ0) is 38.5. The third kappa shape index (κ3) is 5.47. The fourth-order valence-electron chi connectivity index (χ4n) is 8.64. The molecule has 0 radical (unpaired) electrons. The van der Waals surface area contributed by atoms with Crippen molar-refractivity contribution in [1.82, 2.24) is 19.9 Å². The minimum Gasteiger partial charge on any atom is -0.436 e. The lowest BCUT2D eigenvalue weighted by molar-refractivity contribution is 0.619. The molecule has 0 bridgehead atoms. The molecule has 1 atom stereocenters. The van der Waals surface area contributed by atoms with Crippen LogP contribution in [0.25, 0.3) is 79.0 Å². The second-order valence-corrected chi connectivity index (χ2v) is 14.6. The zero-order valence-electron chi connectivity index (χ0n) is 31.3. The number of hydrogen-bond acceptors (Lipinski definition) is 5. The van der Waals surface area contributed by atoms with Crippen molar-refractivity contribution in [2.75, 3.05) is 0 Å². The summed E-state index contributed by atoms with van der Waals surface area (Å²) >= 11 is 0. The molecule has 5 heteroatoms. The van der Waals surface area contributed by atoms with E-state index in [1.54, 1.807) is 0 Å². The molecule has 5 nitrogen and oxygen atoms in total. The van der Waals surface area contributed by atoms with Crippen molar-refractivity contribution in [1.29, 1.82) is 0 Å². The molecular formula is C53H34N4O. The van der Waals surface area contributed by atoms with Gasteiger partial charge in [0.25, 0.3) is 0 Å². The van der Waals surface area contributed by atoms with Gasteiger partial charge in [-0.2, -0.15) is 0 Å². The topological polar surface area (TPSA) is 64.7 Å². The van der Waals surface area contributed by atoms with Crippen LogP contribution in [0, 0.1) is 0 Å². The first kappa shape index (κ1) is 33.6. The van der Waals surface area contributed by atoms with Gasteiger partial charge in [-0.05, 0) is 68.8 Å². The maximum Gasteiger partial charge on any atom is 0.227 e. The van der Waals surface area contributed by atoms with Crippen molar-refractivity contribution in [3.63, 3.8) is 0 Å². The lowest BCUT2D eigenvalue weighted by atomic mass is 9.67. The maximum atomic E-state index is 6.32. The molecule has 1 aliphatic carbocycles. The molecule has 0 fully saturated rings. The Hall–Kier alpha value is -7.76. The van der Waals surface area contributed by atoms with Crippen molar-refractivity contribution < 1.29 is 4.42 Å². The van der Waals surface area contributed by atoms with Gasteiger partial charge in [0, 0.05) is 22.3 Å². The summed E-state index contributed by atoms with van der Waals surface area (Å²) in [4.78, 5) is 20.6. The molecule has 1 unspecified atom stereocenters. The molecule has 0 aliphatic heterocycles. The molecule has 0 N–H and O–H groups in total. The molecule has 1 aliphatic rings. The van der Waals surface area contributed by atoms with E-state index in [0.29, 0.717) is 23.4 Å². The number of rotatable bonds is 7. The Morgan fingerprint density at radius 3 is 1.57 bits per heavy atom. The molecule has 11 rings (SSSR count). The molecule has 10 aromatic rings. The van der Waals surface area contributed by atoms with Gasteiger partial charge < -0.3 is 4.42 Å². The van der Waals surface area contributed by atoms with E-state index < -0.39 is 5.41 Å². The van der Waals surface area contributed by atoms with Crippen molar-refractivity contribution in [2.24, 2.45) is 0 Å². The molecule has 0 saturated heterocycles. The van der Waals surface area contributed by atoms with E-state index in [0.717, 1.165) is 72.3 Å². The summed E-state index contributed by atoms with van der Waals surface area (Å²) in [7, 11) is 0. The Morgan fingerprint density at radius 1 is 0.345 bits per heavy atom. The van der Waals surface area contributed by atoms with E-state index in [-0.39, 0.29) is 0 Å². The summed E-state index contributed by atoms with van der Waals surface area (Å²) in [6.45, 7) is 0. The lowest BCUT2D eigenvalue weighted by Gasteiger charge is -2.33. The van der Waals surface area contributed by atoms with Crippen LogP contribution in [0.3, 0.4) is 0 Å². The SMILES string of the molecule is c1ccc(-c2ccc(-c3nc(-c4ccccc4)nc(-c4cccc5c4-c4ccccc4C5(c4ccccc4)c4ccc5oc(-c6ccccc6)nc5c4)n3)cc2)cc1. The highest BCUT2D eigenvalue weighted by atomic mass is 16.3. The second kappa shape index (κ2) is 13.8. The van der Waals surface area contributed by atoms with Gasteiger partial charge in [0.05, 0.1) is 5.41 Å². The monoisotopic (exact) mass is 742 g/mol. The Labute approximate surface area is 336 Å².